The van der Waals surface area contributed by atoms with E-state index >= 15 is 0 Å². The van der Waals surface area contributed by atoms with Crippen LogP contribution in [0.3, 0.4) is 0 Å². The number of methoxy groups -OCH3 is 3. The molecule has 0 bridgehead atoms. The van der Waals surface area contributed by atoms with Crippen molar-refractivity contribution in [3.8, 4) is 17.2 Å². The highest BCUT2D eigenvalue weighted by Gasteiger charge is 2.14. The first-order valence-electron chi connectivity index (χ1n) is 7.37. The van der Waals surface area contributed by atoms with Crippen LogP contribution in [0, 0.1) is 0 Å². The summed E-state index contributed by atoms with van der Waals surface area (Å²) in [5, 5.41) is 3.51. The summed E-state index contributed by atoms with van der Waals surface area (Å²) in [4.78, 5) is 0. The van der Waals surface area contributed by atoms with Crippen LogP contribution in [0.2, 0.25) is 0 Å². The molecule has 0 amide bonds. The van der Waals surface area contributed by atoms with Crippen LogP contribution in [-0.2, 0) is 6.54 Å². The molecule has 0 aliphatic carbocycles. The Labute approximate surface area is 158 Å². The number of ether oxygens (including phenoxy) is 3. The van der Waals surface area contributed by atoms with Crippen molar-refractivity contribution < 1.29 is 14.2 Å². The number of nitrogens with one attached hydrogen (secondary N) is 1. The molecule has 2 aromatic carbocycles. The molecule has 0 spiro atoms. The molecule has 6 heteroatoms. The van der Waals surface area contributed by atoms with Crippen LogP contribution >= 0.6 is 28.3 Å². The third-order valence-electron chi connectivity index (χ3n) is 3.71. The minimum atomic E-state index is 0. The number of halogens is 2. The van der Waals surface area contributed by atoms with Gasteiger partial charge in [-0.2, -0.15) is 0 Å². The Hall–Kier alpha value is -1.43. The van der Waals surface area contributed by atoms with Crippen molar-refractivity contribution in [2.24, 2.45) is 0 Å². The van der Waals surface area contributed by atoms with Crippen LogP contribution < -0.4 is 19.5 Å². The quantitative estimate of drug-likeness (QED) is 0.707. The van der Waals surface area contributed by atoms with Gasteiger partial charge in [0.25, 0.3) is 0 Å². The van der Waals surface area contributed by atoms with Crippen LogP contribution in [-0.4, -0.2) is 21.3 Å². The van der Waals surface area contributed by atoms with Gasteiger partial charge in [-0.1, -0.05) is 34.1 Å². The minimum Gasteiger partial charge on any atom is -0.493 e. The van der Waals surface area contributed by atoms with Crippen molar-refractivity contribution in [3.05, 3.63) is 52.0 Å². The molecule has 0 radical (unpaired) electrons. The lowest BCUT2D eigenvalue weighted by Gasteiger charge is -2.18. The van der Waals surface area contributed by atoms with Gasteiger partial charge in [0.1, 0.15) is 0 Å². The van der Waals surface area contributed by atoms with Crippen LogP contribution in [0.5, 0.6) is 17.2 Å². The molecule has 2 rings (SSSR count). The van der Waals surface area contributed by atoms with Gasteiger partial charge in [0.15, 0.2) is 11.5 Å². The van der Waals surface area contributed by atoms with Crippen LogP contribution in [0.25, 0.3) is 0 Å². The van der Waals surface area contributed by atoms with Crippen molar-refractivity contribution in [2.75, 3.05) is 21.3 Å². The lowest BCUT2D eigenvalue weighted by atomic mass is 10.1. The molecular weight excluding hydrogens is 394 g/mol. The monoisotopic (exact) mass is 415 g/mol. The maximum absolute atomic E-state index is 5.39. The standard InChI is InChI=1S/C18H22BrNO3.ClH/c1-12(14-7-5-6-8-15(14)19)20-11-13-9-16(21-2)18(23-4)17(10-13)22-3;/h5-10,12,20H,11H2,1-4H3;1H. The maximum Gasteiger partial charge on any atom is 0.203 e. The van der Waals surface area contributed by atoms with E-state index in [1.165, 1.54) is 5.56 Å². The predicted octanol–water partition coefficient (Wildman–Crippen LogP) is 4.75. The second kappa shape index (κ2) is 9.77. The summed E-state index contributed by atoms with van der Waals surface area (Å²) < 4.78 is 17.2. The fourth-order valence-corrected chi connectivity index (χ4v) is 3.07. The lowest BCUT2D eigenvalue weighted by Crippen LogP contribution is -2.18. The smallest absolute Gasteiger partial charge is 0.203 e. The van der Waals surface area contributed by atoms with Gasteiger partial charge >= 0.3 is 0 Å². The zero-order valence-corrected chi connectivity index (χ0v) is 16.7. The molecule has 1 unspecified atom stereocenters. The number of hydrogen-bond acceptors (Lipinski definition) is 4. The number of benzene rings is 2. The molecule has 24 heavy (non-hydrogen) atoms. The van der Waals surface area contributed by atoms with E-state index in [1.807, 2.05) is 30.3 Å². The maximum atomic E-state index is 5.39. The molecule has 1 N–H and O–H groups in total. The largest absolute Gasteiger partial charge is 0.493 e. The second-order valence-corrected chi connectivity index (χ2v) is 6.01. The molecule has 132 valence electrons. The van der Waals surface area contributed by atoms with Crippen LogP contribution in [0.4, 0.5) is 0 Å². The number of hydrogen-bond donors (Lipinski definition) is 1. The van der Waals surface area contributed by atoms with E-state index in [-0.39, 0.29) is 18.4 Å². The zero-order chi connectivity index (χ0) is 16.8. The second-order valence-electron chi connectivity index (χ2n) is 5.16. The van der Waals surface area contributed by atoms with Crippen LogP contribution in [0.15, 0.2) is 40.9 Å². The third kappa shape index (κ3) is 4.79. The van der Waals surface area contributed by atoms with E-state index in [2.05, 4.69) is 34.2 Å². The molecule has 0 aliphatic heterocycles. The Bertz CT molecular complexity index is 641. The fourth-order valence-electron chi connectivity index (χ4n) is 2.44. The van der Waals surface area contributed by atoms with Gasteiger partial charge in [-0.15, -0.1) is 12.4 Å². The third-order valence-corrected chi connectivity index (χ3v) is 4.43. The highest BCUT2D eigenvalue weighted by Crippen LogP contribution is 2.38. The average Bonchev–Trinajstić information content (AvgIpc) is 2.58. The molecular formula is C18H23BrClNO3. The molecule has 0 aliphatic rings. The van der Waals surface area contributed by atoms with Gasteiger partial charge in [-0.25, -0.2) is 0 Å². The van der Waals surface area contributed by atoms with Crippen molar-refractivity contribution in [1.82, 2.24) is 5.32 Å². The predicted molar refractivity (Wildman–Crippen MR) is 103 cm³/mol. The molecule has 0 saturated carbocycles. The Morgan fingerprint density at radius 3 is 2.08 bits per heavy atom. The van der Waals surface area contributed by atoms with Crippen molar-refractivity contribution in [2.45, 2.75) is 19.5 Å². The topological polar surface area (TPSA) is 39.7 Å². The molecule has 1 atom stereocenters. The Kier molecular flexibility index (Phi) is 8.39. The Morgan fingerprint density at radius 1 is 1.00 bits per heavy atom. The van der Waals surface area contributed by atoms with Gasteiger partial charge in [-0.3, -0.25) is 0 Å². The van der Waals surface area contributed by atoms with E-state index in [9.17, 15) is 0 Å². The first-order valence-corrected chi connectivity index (χ1v) is 8.16. The van der Waals surface area contributed by atoms with E-state index in [4.69, 9.17) is 14.2 Å². The zero-order valence-electron chi connectivity index (χ0n) is 14.3. The molecule has 0 aromatic heterocycles. The highest BCUT2D eigenvalue weighted by atomic mass is 79.9. The summed E-state index contributed by atoms with van der Waals surface area (Å²) in [7, 11) is 4.85. The first-order chi connectivity index (χ1) is 11.1. The molecule has 0 fully saturated rings. The highest BCUT2D eigenvalue weighted by molar-refractivity contribution is 9.10. The molecule has 0 heterocycles. The van der Waals surface area contributed by atoms with Crippen molar-refractivity contribution in [3.63, 3.8) is 0 Å². The van der Waals surface area contributed by atoms with Gasteiger partial charge < -0.3 is 19.5 Å². The van der Waals surface area contributed by atoms with E-state index in [0.717, 1.165) is 10.0 Å². The van der Waals surface area contributed by atoms with Gasteiger partial charge in [0.2, 0.25) is 5.75 Å². The van der Waals surface area contributed by atoms with Crippen molar-refractivity contribution in [1.29, 1.82) is 0 Å². The minimum absolute atomic E-state index is 0. The van der Waals surface area contributed by atoms with Gasteiger partial charge in [0.05, 0.1) is 21.3 Å². The summed E-state index contributed by atoms with van der Waals surface area (Å²) in [6.07, 6.45) is 0. The first kappa shape index (κ1) is 20.6. The summed E-state index contributed by atoms with van der Waals surface area (Å²) in [6.45, 7) is 2.83. The lowest BCUT2D eigenvalue weighted by molar-refractivity contribution is 0.323. The average molecular weight is 417 g/mol. The Morgan fingerprint density at radius 2 is 1.58 bits per heavy atom. The SMILES string of the molecule is COc1cc(CNC(C)c2ccccc2Br)cc(OC)c1OC.Cl. The normalized spacial score (nSPS) is 11.4. The Balaban J connectivity index is 0.00000288. The van der Waals surface area contributed by atoms with E-state index < -0.39 is 0 Å². The molecule has 0 saturated heterocycles. The van der Waals surface area contributed by atoms with Crippen molar-refractivity contribution >= 4 is 28.3 Å². The van der Waals surface area contributed by atoms with E-state index in [0.29, 0.717) is 23.8 Å². The summed E-state index contributed by atoms with van der Waals surface area (Å²) in [5.74, 6) is 1.94. The van der Waals surface area contributed by atoms with Gasteiger partial charge in [-0.05, 0) is 36.2 Å². The summed E-state index contributed by atoms with van der Waals surface area (Å²) in [6, 6.07) is 12.3. The summed E-state index contributed by atoms with van der Waals surface area (Å²) in [5.41, 5.74) is 2.29. The molecule has 2 aromatic rings. The van der Waals surface area contributed by atoms with E-state index in [1.54, 1.807) is 21.3 Å². The summed E-state index contributed by atoms with van der Waals surface area (Å²) >= 11 is 3.59. The van der Waals surface area contributed by atoms with Gasteiger partial charge in [0, 0.05) is 17.1 Å². The molecule has 4 nitrogen and oxygen atoms in total. The fraction of sp³-hybridized carbons (Fsp3) is 0.333. The number of rotatable bonds is 7. The van der Waals surface area contributed by atoms with Crippen LogP contribution in [0.1, 0.15) is 24.1 Å².